The van der Waals surface area contributed by atoms with E-state index in [2.05, 4.69) is 5.32 Å². The molecule has 0 unspecified atom stereocenters. The molecule has 0 radical (unpaired) electrons. The van der Waals surface area contributed by atoms with Gasteiger partial charge >= 0.3 is 0 Å². The molecule has 0 aromatic heterocycles. The van der Waals surface area contributed by atoms with Crippen LogP contribution in [-0.2, 0) is 4.79 Å². The summed E-state index contributed by atoms with van der Waals surface area (Å²) in [5.74, 6) is -0.343. The van der Waals surface area contributed by atoms with Gasteiger partial charge in [-0.2, -0.15) is 0 Å². The molecule has 0 aliphatic heterocycles. The van der Waals surface area contributed by atoms with Gasteiger partial charge in [0, 0.05) is 23.7 Å². The molecule has 1 atom stereocenters. The fourth-order valence-corrected chi connectivity index (χ4v) is 1.48. The third kappa shape index (κ3) is 4.33. The van der Waals surface area contributed by atoms with E-state index >= 15 is 0 Å². The maximum Gasteiger partial charge on any atom is 0.258 e. The van der Waals surface area contributed by atoms with Gasteiger partial charge in [-0.1, -0.05) is 6.07 Å². The standard InChI is InChI=1S/C13H19FN2O2/c1-8(2)16-13(17)7-18-10-4-5-11(9(3)15)12(14)6-10/h4-6,8-9H,7,15H2,1-3H3,(H,16,17)/t9-/m0/s1. The molecule has 1 aromatic rings. The minimum atomic E-state index is -0.424. The van der Waals surface area contributed by atoms with Gasteiger partial charge in [-0.3, -0.25) is 4.79 Å². The lowest BCUT2D eigenvalue weighted by Crippen LogP contribution is -2.34. The molecule has 0 bridgehead atoms. The van der Waals surface area contributed by atoms with Crippen molar-refractivity contribution in [1.82, 2.24) is 5.32 Å². The van der Waals surface area contributed by atoms with E-state index < -0.39 is 5.82 Å². The Hall–Kier alpha value is -1.62. The van der Waals surface area contributed by atoms with Crippen LogP contribution in [0.5, 0.6) is 5.75 Å². The molecular weight excluding hydrogens is 235 g/mol. The minimum absolute atomic E-state index is 0.0540. The van der Waals surface area contributed by atoms with E-state index in [1.54, 1.807) is 19.1 Å². The van der Waals surface area contributed by atoms with Crippen LogP contribution < -0.4 is 15.8 Å². The predicted octanol–water partition coefficient (Wildman–Crippen LogP) is 1.75. The summed E-state index contributed by atoms with van der Waals surface area (Å²) in [6.45, 7) is 5.29. The summed E-state index contributed by atoms with van der Waals surface area (Å²) in [6.07, 6.45) is 0. The lowest BCUT2D eigenvalue weighted by molar-refractivity contribution is -0.123. The highest BCUT2D eigenvalue weighted by molar-refractivity contribution is 5.77. The smallest absolute Gasteiger partial charge is 0.258 e. The molecule has 100 valence electrons. The molecule has 0 spiro atoms. The number of nitrogens with two attached hydrogens (primary N) is 1. The van der Waals surface area contributed by atoms with Gasteiger partial charge in [-0.15, -0.1) is 0 Å². The Labute approximate surface area is 106 Å². The third-order valence-electron chi connectivity index (χ3n) is 2.28. The van der Waals surface area contributed by atoms with Crippen LogP contribution in [0.1, 0.15) is 32.4 Å². The van der Waals surface area contributed by atoms with Gasteiger partial charge in [-0.25, -0.2) is 4.39 Å². The van der Waals surface area contributed by atoms with Crippen molar-refractivity contribution in [3.05, 3.63) is 29.6 Å². The van der Waals surface area contributed by atoms with Gasteiger partial charge in [0.2, 0.25) is 0 Å². The average molecular weight is 254 g/mol. The first-order valence-corrected chi connectivity index (χ1v) is 5.87. The van der Waals surface area contributed by atoms with Crippen molar-refractivity contribution in [2.75, 3.05) is 6.61 Å². The molecule has 0 heterocycles. The highest BCUT2D eigenvalue weighted by Crippen LogP contribution is 2.20. The number of ether oxygens (including phenoxy) is 1. The van der Waals surface area contributed by atoms with Gasteiger partial charge in [-0.05, 0) is 26.8 Å². The van der Waals surface area contributed by atoms with Crippen molar-refractivity contribution in [1.29, 1.82) is 0 Å². The molecule has 0 saturated carbocycles. The van der Waals surface area contributed by atoms with E-state index in [0.29, 0.717) is 11.3 Å². The second-order valence-electron chi connectivity index (χ2n) is 4.48. The van der Waals surface area contributed by atoms with E-state index in [1.807, 2.05) is 13.8 Å². The van der Waals surface area contributed by atoms with Crippen molar-refractivity contribution in [3.8, 4) is 5.75 Å². The van der Waals surface area contributed by atoms with Crippen LogP contribution >= 0.6 is 0 Å². The zero-order valence-electron chi connectivity index (χ0n) is 10.9. The minimum Gasteiger partial charge on any atom is -0.484 e. The van der Waals surface area contributed by atoms with Crippen molar-refractivity contribution in [2.24, 2.45) is 5.73 Å². The first-order chi connectivity index (χ1) is 8.40. The lowest BCUT2D eigenvalue weighted by Gasteiger charge is -2.11. The molecule has 0 saturated heterocycles. The highest BCUT2D eigenvalue weighted by Gasteiger charge is 2.09. The van der Waals surface area contributed by atoms with E-state index in [-0.39, 0.29) is 24.6 Å². The quantitative estimate of drug-likeness (QED) is 0.841. The van der Waals surface area contributed by atoms with E-state index in [9.17, 15) is 9.18 Å². The number of nitrogens with one attached hydrogen (secondary N) is 1. The Kier molecular flexibility index (Phi) is 5.09. The van der Waals surface area contributed by atoms with Crippen LogP contribution in [0.25, 0.3) is 0 Å². The summed E-state index contributed by atoms with van der Waals surface area (Å²) in [4.78, 5) is 11.3. The van der Waals surface area contributed by atoms with E-state index in [0.717, 1.165) is 0 Å². The summed E-state index contributed by atoms with van der Waals surface area (Å²) in [6, 6.07) is 4.09. The van der Waals surface area contributed by atoms with Gasteiger partial charge in [0.25, 0.3) is 5.91 Å². The zero-order valence-corrected chi connectivity index (χ0v) is 10.9. The van der Waals surface area contributed by atoms with Crippen LogP contribution in [-0.4, -0.2) is 18.6 Å². The second kappa shape index (κ2) is 6.35. The molecule has 0 aliphatic rings. The monoisotopic (exact) mass is 254 g/mol. The number of amides is 1. The third-order valence-corrected chi connectivity index (χ3v) is 2.28. The van der Waals surface area contributed by atoms with Crippen molar-refractivity contribution < 1.29 is 13.9 Å². The van der Waals surface area contributed by atoms with Gasteiger partial charge < -0.3 is 15.8 Å². The average Bonchev–Trinajstić information content (AvgIpc) is 2.25. The molecule has 3 N–H and O–H groups in total. The first-order valence-electron chi connectivity index (χ1n) is 5.87. The number of hydrogen-bond donors (Lipinski definition) is 2. The highest BCUT2D eigenvalue weighted by atomic mass is 19.1. The normalized spacial score (nSPS) is 12.3. The zero-order chi connectivity index (χ0) is 13.7. The molecular formula is C13H19FN2O2. The molecule has 4 nitrogen and oxygen atoms in total. The molecule has 0 aliphatic carbocycles. The van der Waals surface area contributed by atoms with Crippen LogP contribution in [0.2, 0.25) is 0 Å². The number of hydrogen-bond acceptors (Lipinski definition) is 3. The second-order valence-corrected chi connectivity index (χ2v) is 4.48. The molecule has 1 aromatic carbocycles. The number of halogens is 1. The number of carbonyl (C=O) groups excluding carboxylic acids is 1. The van der Waals surface area contributed by atoms with Crippen LogP contribution in [0.4, 0.5) is 4.39 Å². The fourth-order valence-electron chi connectivity index (χ4n) is 1.48. The summed E-state index contributed by atoms with van der Waals surface area (Å²) >= 11 is 0. The van der Waals surface area contributed by atoms with E-state index in [1.165, 1.54) is 6.07 Å². The maximum absolute atomic E-state index is 13.6. The summed E-state index contributed by atoms with van der Waals surface area (Å²) in [5.41, 5.74) is 6.02. The Bertz CT molecular complexity index is 419. The molecule has 0 fully saturated rings. The Morgan fingerprint density at radius 2 is 2.11 bits per heavy atom. The molecule has 1 amide bonds. The predicted molar refractivity (Wildman–Crippen MR) is 67.8 cm³/mol. The first kappa shape index (κ1) is 14.4. The van der Waals surface area contributed by atoms with Gasteiger partial charge in [0.15, 0.2) is 6.61 Å². The number of rotatable bonds is 5. The summed E-state index contributed by atoms with van der Waals surface area (Å²) in [7, 11) is 0. The largest absolute Gasteiger partial charge is 0.484 e. The Morgan fingerprint density at radius 3 is 2.61 bits per heavy atom. The Morgan fingerprint density at radius 1 is 1.44 bits per heavy atom. The number of carbonyl (C=O) groups is 1. The van der Waals surface area contributed by atoms with Gasteiger partial charge in [0.05, 0.1) is 0 Å². The molecule has 5 heteroatoms. The SMILES string of the molecule is CC(C)NC(=O)COc1ccc([C@H](C)N)c(F)c1. The van der Waals surface area contributed by atoms with Crippen molar-refractivity contribution in [2.45, 2.75) is 32.9 Å². The lowest BCUT2D eigenvalue weighted by atomic mass is 10.1. The Balaban J connectivity index is 2.59. The van der Waals surface area contributed by atoms with Crippen LogP contribution in [0.3, 0.4) is 0 Å². The fraction of sp³-hybridized carbons (Fsp3) is 0.462. The molecule has 1 rings (SSSR count). The van der Waals surface area contributed by atoms with E-state index in [4.69, 9.17) is 10.5 Å². The molecule has 18 heavy (non-hydrogen) atoms. The van der Waals surface area contributed by atoms with Crippen LogP contribution in [0.15, 0.2) is 18.2 Å². The number of benzene rings is 1. The van der Waals surface area contributed by atoms with Gasteiger partial charge in [0.1, 0.15) is 11.6 Å². The summed E-state index contributed by atoms with van der Waals surface area (Å²) < 4.78 is 18.8. The topological polar surface area (TPSA) is 64.3 Å². The maximum atomic E-state index is 13.6. The van der Waals surface area contributed by atoms with Crippen molar-refractivity contribution >= 4 is 5.91 Å². The van der Waals surface area contributed by atoms with Crippen LogP contribution in [0, 0.1) is 5.82 Å². The summed E-state index contributed by atoms with van der Waals surface area (Å²) in [5, 5.41) is 2.68. The van der Waals surface area contributed by atoms with Crippen molar-refractivity contribution in [3.63, 3.8) is 0 Å².